The minimum atomic E-state index is -0.566. The van der Waals surface area contributed by atoms with Crippen LogP contribution >= 0.6 is 0 Å². The lowest BCUT2D eigenvalue weighted by Gasteiger charge is -2.08. The minimum Gasteiger partial charge on any atom is -0.497 e. The SMILES string of the molecule is COc1cccc(/C=C2/Oc3cc(OC(=O)c4ccccc4OC)ccc3C2=O)c1. The third-order valence-corrected chi connectivity index (χ3v) is 4.57. The molecule has 6 heteroatoms. The maximum Gasteiger partial charge on any atom is 0.347 e. The summed E-state index contributed by atoms with van der Waals surface area (Å²) in [4.78, 5) is 25.1. The first-order valence-corrected chi connectivity index (χ1v) is 9.16. The van der Waals surface area contributed by atoms with Crippen LogP contribution in [0.2, 0.25) is 0 Å². The van der Waals surface area contributed by atoms with Gasteiger partial charge in [0, 0.05) is 6.07 Å². The van der Waals surface area contributed by atoms with Crippen molar-refractivity contribution in [1.29, 1.82) is 0 Å². The molecule has 0 unspecified atom stereocenters. The van der Waals surface area contributed by atoms with Crippen molar-refractivity contribution in [2.45, 2.75) is 0 Å². The average molecular weight is 402 g/mol. The summed E-state index contributed by atoms with van der Waals surface area (Å²) in [7, 11) is 3.06. The number of ether oxygens (including phenoxy) is 4. The van der Waals surface area contributed by atoms with Gasteiger partial charge in [0.15, 0.2) is 5.76 Å². The van der Waals surface area contributed by atoms with Crippen LogP contribution in [0.15, 0.2) is 72.5 Å². The fourth-order valence-corrected chi connectivity index (χ4v) is 3.09. The first kappa shape index (κ1) is 19.3. The number of benzene rings is 3. The fraction of sp³-hybridized carbons (Fsp3) is 0.0833. The largest absolute Gasteiger partial charge is 0.497 e. The van der Waals surface area contributed by atoms with Crippen LogP contribution in [0.25, 0.3) is 6.08 Å². The number of fused-ring (bicyclic) bond motifs is 1. The Labute approximate surface area is 173 Å². The Kier molecular flexibility index (Phi) is 5.22. The summed E-state index contributed by atoms with van der Waals surface area (Å²) in [5.41, 5.74) is 1.48. The average Bonchev–Trinajstić information content (AvgIpc) is 3.08. The van der Waals surface area contributed by atoms with Crippen LogP contribution in [0.3, 0.4) is 0 Å². The number of hydrogen-bond donors (Lipinski definition) is 0. The Hall–Kier alpha value is -4.06. The maximum atomic E-state index is 12.6. The van der Waals surface area contributed by atoms with Crippen LogP contribution in [0.5, 0.6) is 23.0 Å². The fourth-order valence-electron chi connectivity index (χ4n) is 3.09. The first-order valence-electron chi connectivity index (χ1n) is 9.16. The zero-order valence-electron chi connectivity index (χ0n) is 16.4. The highest BCUT2D eigenvalue weighted by Gasteiger charge is 2.28. The van der Waals surface area contributed by atoms with Crippen molar-refractivity contribution < 1.29 is 28.5 Å². The van der Waals surface area contributed by atoms with Crippen molar-refractivity contribution in [3.63, 3.8) is 0 Å². The number of allylic oxidation sites excluding steroid dienone is 1. The number of Topliss-reactive ketones (excluding diaryl/α,β-unsaturated/α-hetero) is 1. The minimum absolute atomic E-state index is 0.187. The Morgan fingerprint density at radius 3 is 2.53 bits per heavy atom. The van der Waals surface area contributed by atoms with Crippen molar-refractivity contribution in [3.05, 3.63) is 89.2 Å². The van der Waals surface area contributed by atoms with Crippen LogP contribution in [-0.2, 0) is 0 Å². The lowest BCUT2D eigenvalue weighted by molar-refractivity contribution is 0.0731. The highest BCUT2D eigenvalue weighted by Crippen LogP contribution is 2.35. The molecule has 0 spiro atoms. The van der Waals surface area contributed by atoms with Crippen LogP contribution in [0.1, 0.15) is 26.3 Å². The Bertz CT molecular complexity index is 1160. The first-order chi connectivity index (χ1) is 14.6. The molecular formula is C24H18O6. The summed E-state index contributed by atoms with van der Waals surface area (Å²) in [6.07, 6.45) is 1.64. The molecule has 150 valence electrons. The van der Waals surface area contributed by atoms with Crippen LogP contribution in [0.4, 0.5) is 0 Å². The number of ketones is 1. The smallest absolute Gasteiger partial charge is 0.347 e. The summed E-state index contributed by atoms with van der Waals surface area (Å²) in [5, 5.41) is 0. The van der Waals surface area contributed by atoms with Crippen molar-refractivity contribution in [2.75, 3.05) is 14.2 Å². The molecule has 0 aliphatic carbocycles. The van der Waals surface area contributed by atoms with Crippen molar-refractivity contribution in [3.8, 4) is 23.0 Å². The Morgan fingerprint density at radius 1 is 0.900 bits per heavy atom. The van der Waals surface area contributed by atoms with E-state index in [2.05, 4.69) is 0 Å². The lowest BCUT2D eigenvalue weighted by atomic mass is 10.1. The van der Waals surface area contributed by atoms with Crippen LogP contribution in [0, 0.1) is 0 Å². The predicted molar refractivity (Wildman–Crippen MR) is 110 cm³/mol. The van der Waals surface area contributed by atoms with Gasteiger partial charge < -0.3 is 18.9 Å². The van der Waals surface area contributed by atoms with E-state index in [-0.39, 0.29) is 17.3 Å². The number of carbonyl (C=O) groups excluding carboxylic acids is 2. The maximum absolute atomic E-state index is 12.6. The van der Waals surface area contributed by atoms with E-state index in [4.69, 9.17) is 18.9 Å². The molecule has 30 heavy (non-hydrogen) atoms. The summed E-state index contributed by atoms with van der Waals surface area (Å²) in [6, 6.07) is 18.7. The van der Waals surface area contributed by atoms with E-state index < -0.39 is 5.97 Å². The van der Waals surface area contributed by atoms with Crippen molar-refractivity contribution in [2.24, 2.45) is 0 Å². The Balaban J connectivity index is 1.56. The number of esters is 1. The zero-order chi connectivity index (χ0) is 21.1. The molecule has 4 rings (SSSR count). The lowest BCUT2D eigenvalue weighted by Crippen LogP contribution is -2.10. The van der Waals surface area contributed by atoms with Gasteiger partial charge in [-0.05, 0) is 48.0 Å². The molecule has 0 N–H and O–H groups in total. The second kappa shape index (κ2) is 8.13. The molecule has 6 nitrogen and oxygen atoms in total. The summed E-state index contributed by atoms with van der Waals surface area (Å²) in [6.45, 7) is 0. The van der Waals surface area contributed by atoms with Gasteiger partial charge in [-0.25, -0.2) is 4.79 Å². The van der Waals surface area contributed by atoms with Gasteiger partial charge >= 0.3 is 5.97 Å². The van der Waals surface area contributed by atoms with Gasteiger partial charge in [0.05, 0.1) is 19.8 Å². The molecule has 1 aliphatic heterocycles. The number of rotatable bonds is 5. The molecule has 3 aromatic rings. The number of hydrogen-bond acceptors (Lipinski definition) is 6. The standard InChI is InChI=1S/C24H18O6/c1-27-16-7-5-6-15(12-16)13-22-23(25)18-11-10-17(14-21(18)30-22)29-24(26)19-8-3-4-9-20(19)28-2/h3-14H,1-2H3/b22-13+. The van der Waals surface area contributed by atoms with Crippen LogP contribution in [-0.4, -0.2) is 26.0 Å². The zero-order valence-corrected chi connectivity index (χ0v) is 16.4. The highest BCUT2D eigenvalue weighted by atomic mass is 16.5. The molecule has 0 saturated heterocycles. The molecule has 0 saturated carbocycles. The summed E-state index contributed by atoms with van der Waals surface area (Å²) < 4.78 is 21.6. The quantitative estimate of drug-likeness (QED) is 0.355. The van der Waals surface area contributed by atoms with Crippen molar-refractivity contribution >= 4 is 17.8 Å². The predicted octanol–water partition coefficient (Wildman–Crippen LogP) is 4.54. The molecule has 0 bridgehead atoms. The molecule has 0 radical (unpaired) electrons. The Morgan fingerprint density at radius 2 is 1.73 bits per heavy atom. The van der Waals surface area contributed by atoms with Gasteiger partial charge in [0.25, 0.3) is 0 Å². The number of methoxy groups -OCH3 is 2. The van der Waals surface area contributed by atoms with E-state index in [1.165, 1.54) is 13.2 Å². The highest BCUT2D eigenvalue weighted by molar-refractivity contribution is 6.14. The molecule has 0 amide bonds. The number of para-hydroxylation sites is 1. The number of carbonyl (C=O) groups is 2. The molecule has 1 heterocycles. The molecule has 1 aliphatic rings. The van der Waals surface area contributed by atoms with Gasteiger partial charge in [-0.1, -0.05) is 24.3 Å². The van der Waals surface area contributed by atoms with Gasteiger partial charge in [0.2, 0.25) is 5.78 Å². The summed E-state index contributed by atoms with van der Waals surface area (Å²) >= 11 is 0. The van der Waals surface area contributed by atoms with E-state index in [1.54, 1.807) is 55.7 Å². The molecule has 0 fully saturated rings. The third-order valence-electron chi connectivity index (χ3n) is 4.57. The topological polar surface area (TPSA) is 71.1 Å². The molecule has 3 aromatic carbocycles. The van der Waals surface area contributed by atoms with Crippen molar-refractivity contribution in [1.82, 2.24) is 0 Å². The van der Waals surface area contributed by atoms with E-state index in [0.717, 1.165) is 5.56 Å². The molecule has 0 aromatic heterocycles. The summed E-state index contributed by atoms with van der Waals surface area (Å²) in [5.74, 6) is 1.07. The van der Waals surface area contributed by atoms with Gasteiger partial charge in [0.1, 0.15) is 28.6 Å². The van der Waals surface area contributed by atoms with Gasteiger partial charge in [-0.15, -0.1) is 0 Å². The van der Waals surface area contributed by atoms with Gasteiger partial charge in [-0.2, -0.15) is 0 Å². The molecular weight excluding hydrogens is 384 g/mol. The van der Waals surface area contributed by atoms with Crippen LogP contribution < -0.4 is 18.9 Å². The van der Waals surface area contributed by atoms with Gasteiger partial charge in [-0.3, -0.25) is 4.79 Å². The van der Waals surface area contributed by atoms with E-state index in [9.17, 15) is 9.59 Å². The normalized spacial score (nSPS) is 13.5. The van der Waals surface area contributed by atoms with E-state index in [1.807, 2.05) is 18.2 Å². The second-order valence-corrected chi connectivity index (χ2v) is 6.46. The third kappa shape index (κ3) is 3.75. The van der Waals surface area contributed by atoms with E-state index >= 15 is 0 Å². The molecule has 0 atom stereocenters. The monoisotopic (exact) mass is 402 g/mol. The van der Waals surface area contributed by atoms with E-state index in [0.29, 0.717) is 28.4 Å². The second-order valence-electron chi connectivity index (χ2n) is 6.46.